The second-order valence-electron chi connectivity index (χ2n) is 5.30. The molecule has 0 saturated carbocycles. The van der Waals surface area contributed by atoms with Crippen molar-refractivity contribution in [2.24, 2.45) is 0 Å². The van der Waals surface area contributed by atoms with Crippen molar-refractivity contribution in [3.8, 4) is 23.0 Å². The lowest BCUT2D eigenvalue weighted by Gasteiger charge is -2.08. The van der Waals surface area contributed by atoms with E-state index < -0.39 is 0 Å². The molecule has 8 nitrogen and oxygen atoms in total. The average Bonchev–Trinajstić information content (AvgIpc) is 3.32. The minimum atomic E-state index is -0.366. The fourth-order valence-corrected chi connectivity index (χ4v) is 2.54. The molecular formula is C15H15N3O5. The van der Waals surface area contributed by atoms with Crippen LogP contribution in [0.2, 0.25) is 0 Å². The summed E-state index contributed by atoms with van der Waals surface area (Å²) in [6, 6.07) is 5.39. The van der Waals surface area contributed by atoms with Gasteiger partial charge in [-0.25, -0.2) is 0 Å². The van der Waals surface area contributed by atoms with E-state index in [1.807, 2.05) is 6.07 Å². The molecule has 1 aromatic heterocycles. The van der Waals surface area contributed by atoms with Crippen LogP contribution in [0.4, 0.5) is 0 Å². The van der Waals surface area contributed by atoms with Crippen LogP contribution in [0.1, 0.15) is 18.7 Å². The fourth-order valence-electron chi connectivity index (χ4n) is 2.54. The summed E-state index contributed by atoms with van der Waals surface area (Å²) in [6.07, 6.45) is 1.30. The molecule has 0 radical (unpaired) electrons. The molecule has 1 aromatic carbocycles. The Bertz CT molecular complexity index is 724. The highest BCUT2D eigenvalue weighted by Crippen LogP contribution is 2.35. The number of nitrogens with zero attached hydrogens (tertiary/aromatic N) is 2. The van der Waals surface area contributed by atoms with Crippen LogP contribution < -0.4 is 14.8 Å². The number of fused-ring (bicyclic) bond motifs is 1. The monoisotopic (exact) mass is 317 g/mol. The number of ether oxygens (including phenoxy) is 3. The van der Waals surface area contributed by atoms with Gasteiger partial charge >= 0.3 is 0 Å². The Hall–Kier alpha value is -2.61. The van der Waals surface area contributed by atoms with Crippen molar-refractivity contribution in [1.29, 1.82) is 0 Å². The molecule has 23 heavy (non-hydrogen) atoms. The second kappa shape index (κ2) is 5.88. The summed E-state index contributed by atoms with van der Waals surface area (Å²) in [5.74, 6) is 1.97. The topological polar surface area (TPSA) is 95.7 Å². The molecule has 1 N–H and O–H groups in total. The molecule has 2 aliphatic heterocycles. The minimum Gasteiger partial charge on any atom is -0.454 e. The predicted molar refractivity (Wildman–Crippen MR) is 76.7 cm³/mol. The number of nitrogens with one attached hydrogen (secondary N) is 1. The van der Waals surface area contributed by atoms with Crippen molar-refractivity contribution in [2.45, 2.75) is 25.5 Å². The zero-order valence-corrected chi connectivity index (χ0v) is 12.3. The number of aromatic nitrogens is 2. The van der Waals surface area contributed by atoms with E-state index in [2.05, 4.69) is 15.5 Å². The molecule has 120 valence electrons. The van der Waals surface area contributed by atoms with Crippen molar-refractivity contribution < 1.29 is 23.5 Å². The molecule has 2 aliphatic rings. The van der Waals surface area contributed by atoms with E-state index in [0.29, 0.717) is 29.8 Å². The maximum Gasteiger partial charge on any atom is 0.258 e. The summed E-state index contributed by atoms with van der Waals surface area (Å²) in [5.41, 5.74) is 0.735. The maximum atomic E-state index is 11.9. The van der Waals surface area contributed by atoms with E-state index in [-0.39, 0.29) is 25.3 Å². The molecule has 0 aliphatic carbocycles. The first kappa shape index (κ1) is 14.0. The Morgan fingerprint density at radius 3 is 3.09 bits per heavy atom. The van der Waals surface area contributed by atoms with E-state index in [0.717, 1.165) is 18.4 Å². The molecule has 1 atom stereocenters. The normalized spacial score (nSPS) is 19.0. The molecule has 8 heteroatoms. The lowest BCUT2D eigenvalue weighted by molar-refractivity contribution is -0.130. The predicted octanol–water partition coefficient (Wildman–Crippen LogP) is 1.26. The summed E-state index contributed by atoms with van der Waals surface area (Å²) in [7, 11) is 0. The van der Waals surface area contributed by atoms with Crippen LogP contribution in [-0.4, -0.2) is 35.6 Å². The number of benzene rings is 1. The Morgan fingerprint density at radius 1 is 1.30 bits per heavy atom. The standard InChI is InChI=1S/C15H15N3O5/c19-14(11-2-1-5-20-11)16-7-13-17-15(23-18-13)9-3-4-10-12(6-9)22-8-21-10/h3-4,6,11H,1-2,5,7-8H2,(H,16,19). The van der Waals surface area contributed by atoms with Crippen LogP contribution in [0, 0.1) is 0 Å². The molecule has 3 heterocycles. The SMILES string of the molecule is O=C(NCc1noc(-c2ccc3c(c2)OCO3)n1)C1CCCO1. The molecule has 0 spiro atoms. The van der Waals surface area contributed by atoms with E-state index in [4.69, 9.17) is 18.7 Å². The molecule has 0 bridgehead atoms. The summed E-state index contributed by atoms with van der Waals surface area (Å²) in [6.45, 7) is 1.05. The third-order valence-electron chi connectivity index (χ3n) is 3.73. The zero-order valence-electron chi connectivity index (χ0n) is 12.3. The minimum absolute atomic E-state index is 0.142. The molecule has 1 amide bonds. The third-order valence-corrected chi connectivity index (χ3v) is 3.73. The molecule has 1 saturated heterocycles. The van der Waals surface area contributed by atoms with Crippen LogP contribution in [0.15, 0.2) is 22.7 Å². The number of hydrogen-bond acceptors (Lipinski definition) is 7. The van der Waals surface area contributed by atoms with Crippen LogP contribution >= 0.6 is 0 Å². The average molecular weight is 317 g/mol. The molecule has 1 fully saturated rings. The summed E-state index contributed by atoms with van der Waals surface area (Å²) < 4.78 is 21.1. The Morgan fingerprint density at radius 2 is 2.22 bits per heavy atom. The van der Waals surface area contributed by atoms with Crippen molar-refractivity contribution in [3.05, 3.63) is 24.0 Å². The van der Waals surface area contributed by atoms with Gasteiger partial charge in [0.25, 0.3) is 5.89 Å². The van der Waals surface area contributed by atoms with Crippen LogP contribution in [-0.2, 0) is 16.1 Å². The summed E-state index contributed by atoms with van der Waals surface area (Å²) in [5, 5.41) is 6.62. The van der Waals surface area contributed by atoms with Crippen molar-refractivity contribution in [3.63, 3.8) is 0 Å². The van der Waals surface area contributed by atoms with E-state index in [9.17, 15) is 4.79 Å². The third kappa shape index (κ3) is 2.85. The van der Waals surface area contributed by atoms with Gasteiger partial charge in [0.1, 0.15) is 6.10 Å². The van der Waals surface area contributed by atoms with E-state index >= 15 is 0 Å². The first-order chi connectivity index (χ1) is 11.3. The molecule has 4 rings (SSSR count). The van der Waals surface area contributed by atoms with Crippen LogP contribution in [0.3, 0.4) is 0 Å². The largest absolute Gasteiger partial charge is 0.454 e. The lowest BCUT2D eigenvalue weighted by Crippen LogP contribution is -2.33. The van der Waals surface area contributed by atoms with Gasteiger partial charge in [-0.15, -0.1) is 0 Å². The van der Waals surface area contributed by atoms with Gasteiger partial charge in [0.2, 0.25) is 12.7 Å². The quantitative estimate of drug-likeness (QED) is 0.907. The number of carbonyl (C=O) groups is 1. The van der Waals surface area contributed by atoms with Crippen LogP contribution in [0.25, 0.3) is 11.5 Å². The van der Waals surface area contributed by atoms with Gasteiger partial charge in [0.05, 0.1) is 6.54 Å². The van der Waals surface area contributed by atoms with Gasteiger partial charge in [-0.2, -0.15) is 4.98 Å². The van der Waals surface area contributed by atoms with Gasteiger partial charge in [0.15, 0.2) is 17.3 Å². The molecular weight excluding hydrogens is 302 g/mol. The second-order valence-corrected chi connectivity index (χ2v) is 5.30. The van der Waals surface area contributed by atoms with Crippen molar-refractivity contribution in [1.82, 2.24) is 15.5 Å². The van der Waals surface area contributed by atoms with Gasteiger partial charge in [-0.1, -0.05) is 5.16 Å². The molecule has 1 unspecified atom stereocenters. The van der Waals surface area contributed by atoms with Gasteiger partial charge in [-0.05, 0) is 31.0 Å². The van der Waals surface area contributed by atoms with Crippen LogP contribution in [0.5, 0.6) is 11.5 Å². The number of hydrogen-bond donors (Lipinski definition) is 1. The highest BCUT2D eigenvalue weighted by Gasteiger charge is 2.23. The number of carbonyl (C=O) groups excluding carboxylic acids is 1. The zero-order chi connectivity index (χ0) is 15.6. The fraction of sp³-hybridized carbons (Fsp3) is 0.400. The summed E-state index contributed by atoms with van der Waals surface area (Å²) >= 11 is 0. The highest BCUT2D eigenvalue weighted by atomic mass is 16.7. The Kier molecular flexibility index (Phi) is 3.58. The lowest BCUT2D eigenvalue weighted by atomic mass is 10.2. The first-order valence-electron chi connectivity index (χ1n) is 7.41. The summed E-state index contributed by atoms with van der Waals surface area (Å²) in [4.78, 5) is 16.1. The maximum absolute atomic E-state index is 11.9. The number of rotatable bonds is 4. The Labute approximate surface area is 131 Å². The first-order valence-corrected chi connectivity index (χ1v) is 7.41. The molecule has 2 aromatic rings. The van der Waals surface area contributed by atoms with Gasteiger partial charge < -0.3 is 24.1 Å². The Balaban J connectivity index is 1.41. The highest BCUT2D eigenvalue weighted by molar-refractivity contribution is 5.80. The van der Waals surface area contributed by atoms with Crippen molar-refractivity contribution in [2.75, 3.05) is 13.4 Å². The smallest absolute Gasteiger partial charge is 0.258 e. The van der Waals surface area contributed by atoms with Gasteiger partial charge in [0, 0.05) is 12.2 Å². The van der Waals surface area contributed by atoms with Gasteiger partial charge in [-0.3, -0.25) is 4.79 Å². The van der Waals surface area contributed by atoms with E-state index in [1.54, 1.807) is 12.1 Å². The van der Waals surface area contributed by atoms with E-state index in [1.165, 1.54) is 0 Å². The number of amides is 1. The van der Waals surface area contributed by atoms with Crippen molar-refractivity contribution >= 4 is 5.91 Å².